The molecule has 1 aromatic carbocycles. The predicted molar refractivity (Wildman–Crippen MR) is 97.8 cm³/mol. The number of pyridine rings is 1. The average Bonchev–Trinajstić information content (AvgIpc) is 2.96. The van der Waals surface area contributed by atoms with Gasteiger partial charge in [0, 0.05) is 11.9 Å². The number of fused-ring (bicyclic) bond motifs is 1. The zero-order chi connectivity index (χ0) is 15.8. The van der Waals surface area contributed by atoms with E-state index in [0.29, 0.717) is 12.5 Å². The SMILES string of the molecule is CCCP.Cc1cc(COc2nsc3ccccc23)ccn1. The second kappa shape index (κ2) is 8.82. The smallest absolute Gasteiger partial charge is 0.233 e. The molecule has 22 heavy (non-hydrogen) atoms. The van der Waals surface area contributed by atoms with Crippen LogP contribution in [0, 0.1) is 6.92 Å². The van der Waals surface area contributed by atoms with Gasteiger partial charge >= 0.3 is 0 Å². The van der Waals surface area contributed by atoms with Crippen LogP contribution in [0.2, 0.25) is 0 Å². The van der Waals surface area contributed by atoms with Crippen LogP contribution in [-0.2, 0) is 6.61 Å². The van der Waals surface area contributed by atoms with Gasteiger partial charge in [-0.2, -0.15) is 4.37 Å². The van der Waals surface area contributed by atoms with Crippen LogP contribution < -0.4 is 4.74 Å². The Balaban J connectivity index is 0.000000396. The third-order valence-corrected chi connectivity index (χ3v) is 4.36. The van der Waals surface area contributed by atoms with Gasteiger partial charge in [0.1, 0.15) is 6.61 Å². The summed E-state index contributed by atoms with van der Waals surface area (Å²) in [4.78, 5) is 4.17. The molecule has 0 aliphatic carbocycles. The molecule has 3 nitrogen and oxygen atoms in total. The molecule has 0 bridgehead atoms. The lowest BCUT2D eigenvalue weighted by Gasteiger charge is -2.04. The first-order valence-corrected chi connectivity index (χ1v) is 8.92. The van der Waals surface area contributed by atoms with Gasteiger partial charge < -0.3 is 4.74 Å². The molecule has 2 heterocycles. The summed E-state index contributed by atoms with van der Waals surface area (Å²) in [7, 11) is 2.66. The molecule has 5 heteroatoms. The Labute approximate surface area is 138 Å². The Kier molecular flexibility index (Phi) is 6.75. The van der Waals surface area contributed by atoms with Gasteiger partial charge in [0.25, 0.3) is 0 Å². The highest BCUT2D eigenvalue weighted by atomic mass is 32.1. The monoisotopic (exact) mass is 332 g/mol. The van der Waals surface area contributed by atoms with Gasteiger partial charge in [0.05, 0.1) is 10.1 Å². The van der Waals surface area contributed by atoms with Crippen LogP contribution in [0.25, 0.3) is 10.1 Å². The maximum atomic E-state index is 5.77. The van der Waals surface area contributed by atoms with Gasteiger partial charge in [-0.15, -0.1) is 9.24 Å². The minimum atomic E-state index is 0.525. The van der Waals surface area contributed by atoms with Gasteiger partial charge in [-0.05, 0) is 54.4 Å². The first kappa shape index (κ1) is 16.9. The van der Waals surface area contributed by atoms with Gasteiger partial charge in [-0.1, -0.05) is 25.5 Å². The lowest BCUT2D eigenvalue weighted by atomic mass is 10.2. The molecule has 116 valence electrons. The number of ether oxygens (including phenoxy) is 1. The molecule has 3 aromatic rings. The van der Waals surface area contributed by atoms with Crippen molar-refractivity contribution in [2.45, 2.75) is 26.9 Å². The van der Waals surface area contributed by atoms with E-state index in [1.807, 2.05) is 37.3 Å². The standard InChI is InChI=1S/C14H12N2OS.C3H9P/c1-10-8-11(6-7-15-10)9-17-14-12-4-2-3-5-13(12)18-16-14;1-2-3-4/h2-8H,9H2,1H3;2-4H2,1H3. The minimum Gasteiger partial charge on any atom is -0.472 e. The van der Waals surface area contributed by atoms with Crippen LogP contribution in [0.15, 0.2) is 42.6 Å². The van der Waals surface area contributed by atoms with Crippen molar-refractivity contribution < 1.29 is 4.74 Å². The second-order valence-corrected chi connectivity index (χ2v) is 6.25. The number of benzene rings is 1. The van der Waals surface area contributed by atoms with Crippen molar-refractivity contribution in [3.05, 3.63) is 53.9 Å². The molecular formula is C17H21N2OPS. The Morgan fingerprint density at radius 3 is 2.73 bits per heavy atom. The lowest BCUT2D eigenvalue weighted by Crippen LogP contribution is -1.96. The fourth-order valence-electron chi connectivity index (χ4n) is 1.81. The average molecular weight is 332 g/mol. The van der Waals surface area contributed by atoms with E-state index < -0.39 is 0 Å². The summed E-state index contributed by atoms with van der Waals surface area (Å²) in [6.45, 7) is 4.66. The number of nitrogens with zero attached hydrogens (tertiary/aromatic N) is 2. The quantitative estimate of drug-likeness (QED) is 0.641. The summed E-state index contributed by atoms with van der Waals surface area (Å²) >= 11 is 1.46. The fraction of sp³-hybridized carbons (Fsp3) is 0.294. The highest BCUT2D eigenvalue weighted by Crippen LogP contribution is 2.28. The van der Waals surface area contributed by atoms with E-state index in [4.69, 9.17) is 4.74 Å². The maximum Gasteiger partial charge on any atom is 0.233 e. The van der Waals surface area contributed by atoms with Crippen LogP contribution in [0.5, 0.6) is 5.88 Å². The van der Waals surface area contributed by atoms with Crippen molar-refractivity contribution in [3.63, 3.8) is 0 Å². The number of aromatic nitrogens is 2. The number of hydrogen-bond acceptors (Lipinski definition) is 4. The second-order valence-electron chi connectivity index (χ2n) is 4.87. The molecule has 0 saturated carbocycles. The molecule has 0 spiro atoms. The molecule has 0 amide bonds. The Bertz CT molecular complexity index is 712. The van der Waals surface area contributed by atoms with Crippen LogP contribution in [0.4, 0.5) is 0 Å². The van der Waals surface area contributed by atoms with E-state index in [1.165, 1.54) is 24.1 Å². The summed E-state index contributed by atoms with van der Waals surface area (Å²) in [6, 6.07) is 12.1. The highest BCUT2D eigenvalue weighted by molar-refractivity contribution is 7.16. The lowest BCUT2D eigenvalue weighted by molar-refractivity contribution is 0.300. The molecule has 0 fully saturated rings. The van der Waals surface area contributed by atoms with E-state index in [1.54, 1.807) is 6.20 Å². The van der Waals surface area contributed by atoms with E-state index in [0.717, 1.165) is 21.3 Å². The molecule has 0 N–H and O–H groups in total. The number of hydrogen-bond donors (Lipinski definition) is 0. The van der Waals surface area contributed by atoms with E-state index in [-0.39, 0.29) is 0 Å². The third-order valence-electron chi connectivity index (χ3n) is 2.97. The van der Waals surface area contributed by atoms with Crippen molar-refractivity contribution in [1.82, 2.24) is 9.36 Å². The number of rotatable bonds is 4. The molecule has 2 aromatic heterocycles. The van der Waals surface area contributed by atoms with E-state index >= 15 is 0 Å². The van der Waals surface area contributed by atoms with Crippen molar-refractivity contribution in [1.29, 1.82) is 0 Å². The molecular weight excluding hydrogens is 311 g/mol. The van der Waals surface area contributed by atoms with Gasteiger partial charge in [-0.3, -0.25) is 4.98 Å². The number of aryl methyl sites for hydroxylation is 1. The largest absolute Gasteiger partial charge is 0.472 e. The van der Waals surface area contributed by atoms with Crippen molar-refractivity contribution in [3.8, 4) is 5.88 Å². The van der Waals surface area contributed by atoms with Crippen LogP contribution in [0.3, 0.4) is 0 Å². The fourth-order valence-corrected chi connectivity index (χ4v) is 2.54. The zero-order valence-corrected chi connectivity index (χ0v) is 14.9. The third kappa shape index (κ3) is 4.75. The van der Waals surface area contributed by atoms with Gasteiger partial charge in [-0.25, -0.2) is 0 Å². The minimum absolute atomic E-state index is 0.525. The predicted octanol–water partition coefficient (Wildman–Crippen LogP) is 4.85. The molecule has 0 radical (unpaired) electrons. The highest BCUT2D eigenvalue weighted by Gasteiger charge is 2.06. The summed E-state index contributed by atoms with van der Waals surface area (Å²) < 4.78 is 11.3. The molecule has 0 aliphatic heterocycles. The van der Waals surface area contributed by atoms with E-state index in [2.05, 4.69) is 31.6 Å². The Hall–Kier alpha value is -1.51. The Morgan fingerprint density at radius 2 is 2.00 bits per heavy atom. The summed E-state index contributed by atoms with van der Waals surface area (Å²) in [5, 5.41) is 1.08. The summed E-state index contributed by atoms with van der Waals surface area (Å²) in [6.07, 6.45) is 4.32. The van der Waals surface area contributed by atoms with Crippen LogP contribution in [0.1, 0.15) is 24.6 Å². The van der Waals surface area contributed by atoms with Crippen LogP contribution >= 0.6 is 20.8 Å². The molecule has 3 rings (SSSR count). The zero-order valence-electron chi connectivity index (χ0n) is 13.0. The molecule has 1 atom stereocenters. The normalized spacial score (nSPS) is 10.1. The molecule has 1 unspecified atom stereocenters. The maximum absolute atomic E-state index is 5.77. The van der Waals surface area contributed by atoms with Crippen molar-refractivity contribution in [2.75, 3.05) is 6.16 Å². The van der Waals surface area contributed by atoms with E-state index in [9.17, 15) is 0 Å². The topological polar surface area (TPSA) is 35.0 Å². The molecule has 0 aliphatic rings. The first-order valence-electron chi connectivity index (χ1n) is 7.33. The Morgan fingerprint density at radius 1 is 1.23 bits per heavy atom. The van der Waals surface area contributed by atoms with Crippen LogP contribution in [-0.4, -0.2) is 15.5 Å². The molecule has 0 saturated heterocycles. The first-order chi connectivity index (χ1) is 10.7. The van der Waals surface area contributed by atoms with Gasteiger partial charge in [0.15, 0.2) is 0 Å². The van der Waals surface area contributed by atoms with Crippen molar-refractivity contribution >= 4 is 30.9 Å². The van der Waals surface area contributed by atoms with Gasteiger partial charge in [0.2, 0.25) is 5.88 Å². The summed E-state index contributed by atoms with van der Waals surface area (Å²) in [5.41, 5.74) is 2.11. The van der Waals surface area contributed by atoms with Crippen molar-refractivity contribution in [2.24, 2.45) is 0 Å². The summed E-state index contributed by atoms with van der Waals surface area (Å²) in [5.74, 6) is 0.713.